The molecule has 3 N–H and O–H groups in total. The van der Waals surface area contributed by atoms with E-state index in [0.717, 1.165) is 12.0 Å². The van der Waals surface area contributed by atoms with Crippen LogP contribution in [0.3, 0.4) is 0 Å². The summed E-state index contributed by atoms with van der Waals surface area (Å²) in [5.41, 5.74) is 7.80. The Morgan fingerprint density at radius 2 is 2.00 bits per heavy atom. The topological polar surface area (TPSA) is 51.2 Å². The van der Waals surface area contributed by atoms with Crippen LogP contribution in [0, 0.1) is 0 Å². The fourth-order valence-corrected chi connectivity index (χ4v) is 2.25. The molecule has 3 heteroatoms. The molecule has 2 rings (SSSR count). The molecular weight excluding hydrogens is 212 g/mol. The van der Waals surface area contributed by atoms with E-state index in [-0.39, 0.29) is 5.92 Å². The van der Waals surface area contributed by atoms with Crippen molar-refractivity contribution in [3.63, 3.8) is 0 Å². The first-order valence-corrected chi connectivity index (χ1v) is 5.83. The van der Waals surface area contributed by atoms with Gasteiger partial charge in [0.1, 0.15) is 5.75 Å². The fraction of sp³-hybridized carbons (Fsp3) is 0.286. The van der Waals surface area contributed by atoms with E-state index in [9.17, 15) is 5.11 Å². The van der Waals surface area contributed by atoms with Gasteiger partial charge in [-0.05, 0) is 31.2 Å². The minimum atomic E-state index is 0.154. The van der Waals surface area contributed by atoms with Crippen LogP contribution in [-0.4, -0.2) is 16.2 Å². The second kappa shape index (κ2) is 5.06. The smallest absolute Gasteiger partial charge is 0.119 e. The normalized spacial score (nSPS) is 12.6. The molecule has 90 valence electrons. The molecule has 0 radical (unpaired) electrons. The predicted molar refractivity (Wildman–Crippen MR) is 69.0 cm³/mol. The number of nitrogens with two attached hydrogens (primary N) is 1. The summed E-state index contributed by atoms with van der Waals surface area (Å²) in [7, 11) is 2.01. The van der Waals surface area contributed by atoms with Crippen molar-refractivity contribution in [2.45, 2.75) is 12.3 Å². The van der Waals surface area contributed by atoms with Crippen LogP contribution in [0.15, 0.2) is 42.6 Å². The molecule has 1 aromatic heterocycles. The van der Waals surface area contributed by atoms with E-state index in [0.29, 0.717) is 12.3 Å². The summed E-state index contributed by atoms with van der Waals surface area (Å²) in [5, 5.41) is 9.95. The first kappa shape index (κ1) is 11.7. The van der Waals surface area contributed by atoms with Crippen molar-refractivity contribution in [3.05, 3.63) is 53.9 Å². The van der Waals surface area contributed by atoms with Crippen LogP contribution >= 0.6 is 0 Å². The Labute approximate surface area is 102 Å². The molecule has 0 aliphatic heterocycles. The lowest BCUT2D eigenvalue weighted by Gasteiger charge is -2.19. The molecule has 1 atom stereocenters. The lowest BCUT2D eigenvalue weighted by atomic mass is 9.91. The van der Waals surface area contributed by atoms with Crippen LogP contribution in [0.1, 0.15) is 23.6 Å². The van der Waals surface area contributed by atoms with Crippen LogP contribution in [-0.2, 0) is 7.05 Å². The van der Waals surface area contributed by atoms with Crippen molar-refractivity contribution in [1.82, 2.24) is 4.57 Å². The van der Waals surface area contributed by atoms with Crippen LogP contribution in [0.25, 0.3) is 0 Å². The zero-order chi connectivity index (χ0) is 12.3. The second-order valence-corrected chi connectivity index (χ2v) is 4.23. The number of hydrogen-bond acceptors (Lipinski definition) is 2. The highest BCUT2D eigenvalue weighted by Gasteiger charge is 2.18. The number of benzene rings is 1. The monoisotopic (exact) mass is 230 g/mol. The molecule has 1 unspecified atom stereocenters. The van der Waals surface area contributed by atoms with Gasteiger partial charge < -0.3 is 15.4 Å². The first-order chi connectivity index (χ1) is 8.24. The Morgan fingerprint density at radius 3 is 2.59 bits per heavy atom. The molecule has 3 nitrogen and oxygen atoms in total. The Morgan fingerprint density at radius 1 is 1.24 bits per heavy atom. The van der Waals surface area contributed by atoms with Crippen LogP contribution in [0.4, 0.5) is 0 Å². The van der Waals surface area contributed by atoms with E-state index < -0.39 is 0 Å². The summed E-state index contributed by atoms with van der Waals surface area (Å²) in [5.74, 6) is 0.494. The van der Waals surface area contributed by atoms with E-state index in [1.807, 2.05) is 37.5 Å². The van der Waals surface area contributed by atoms with E-state index in [1.165, 1.54) is 5.69 Å². The number of para-hydroxylation sites is 1. The van der Waals surface area contributed by atoms with Crippen molar-refractivity contribution >= 4 is 0 Å². The van der Waals surface area contributed by atoms with Crippen molar-refractivity contribution < 1.29 is 5.11 Å². The van der Waals surface area contributed by atoms with Crippen molar-refractivity contribution in [2.75, 3.05) is 6.54 Å². The molecule has 17 heavy (non-hydrogen) atoms. The zero-order valence-corrected chi connectivity index (χ0v) is 10.0. The SMILES string of the molecule is Cn1cccc1C(CCN)c1ccccc1O. The average molecular weight is 230 g/mol. The highest BCUT2D eigenvalue weighted by Crippen LogP contribution is 2.33. The summed E-state index contributed by atoms with van der Waals surface area (Å²) >= 11 is 0. The first-order valence-electron chi connectivity index (χ1n) is 5.83. The molecule has 2 aromatic rings. The third-order valence-corrected chi connectivity index (χ3v) is 3.11. The van der Waals surface area contributed by atoms with Gasteiger partial charge in [0.05, 0.1) is 0 Å². The van der Waals surface area contributed by atoms with Crippen LogP contribution < -0.4 is 5.73 Å². The third kappa shape index (κ3) is 2.34. The minimum Gasteiger partial charge on any atom is -0.508 e. The van der Waals surface area contributed by atoms with Crippen molar-refractivity contribution in [1.29, 1.82) is 0 Å². The number of aryl methyl sites for hydroxylation is 1. The molecule has 1 heterocycles. The second-order valence-electron chi connectivity index (χ2n) is 4.23. The van der Waals surface area contributed by atoms with Gasteiger partial charge in [-0.3, -0.25) is 0 Å². The van der Waals surface area contributed by atoms with Gasteiger partial charge >= 0.3 is 0 Å². The van der Waals surface area contributed by atoms with Crippen LogP contribution in [0.5, 0.6) is 5.75 Å². The number of rotatable bonds is 4. The summed E-state index contributed by atoms with van der Waals surface area (Å²) < 4.78 is 2.08. The third-order valence-electron chi connectivity index (χ3n) is 3.11. The summed E-state index contributed by atoms with van der Waals surface area (Å²) in [6, 6.07) is 11.6. The average Bonchev–Trinajstić information content (AvgIpc) is 2.74. The standard InChI is InChI=1S/C14H18N2O/c1-16-10-4-6-13(16)11(8-9-15)12-5-2-3-7-14(12)17/h2-7,10-11,17H,8-9,15H2,1H3. The van der Waals surface area contributed by atoms with Crippen LogP contribution in [0.2, 0.25) is 0 Å². The Hall–Kier alpha value is -1.74. The number of hydrogen-bond donors (Lipinski definition) is 2. The Balaban J connectivity index is 2.43. The maximum atomic E-state index is 9.95. The summed E-state index contributed by atoms with van der Waals surface area (Å²) in [6.45, 7) is 0.601. The number of phenols is 1. The largest absolute Gasteiger partial charge is 0.508 e. The molecule has 0 spiro atoms. The Kier molecular flexibility index (Phi) is 3.49. The van der Waals surface area contributed by atoms with Gasteiger partial charge in [-0.15, -0.1) is 0 Å². The molecule has 0 aliphatic carbocycles. The van der Waals surface area contributed by atoms with E-state index in [2.05, 4.69) is 10.6 Å². The number of phenolic OH excluding ortho intramolecular Hbond substituents is 1. The summed E-state index contributed by atoms with van der Waals surface area (Å²) in [6.07, 6.45) is 2.84. The minimum absolute atomic E-state index is 0.154. The molecule has 0 bridgehead atoms. The molecule has 0 fully saturated rings. The molecular formula is C14H18N2O. The van der Waals surface area contributed by atoms with Gasteiger partial charge in [0, 0.05) is 30.4 Å². The van der Waals surface area contributed by atoms with E-state index >= 15 is 0 Å². The van der Waals surface area contributed by atoms with Gasteiger partial charge in [-0.1, -0.05) is 18.2 Å². The lowest BCUT2D eigenvalue weighted by Crippen LogP contribution is -2.11. The quantitative estimate of drug-likeness (QED) is 0.846. The van der Waals surface area contributed by atoms with Gasteiger partial charge in [0.2, 0.25) is 0 Å². The zero-order valence-electron chi connectivity index (χ0n) is 10.0. The molecule has 0 saturated carbocycles. The highest BCUT2D eigenvalue weighted by molar-refractivity contribution is 5.39. The fourth-order valence-electron chi connectivity index (χ4n) is 2.25. The number of aromatic nitrogens is 1. The van der Waals surface area contributed by atoms with Gasteiger partial charge in [0.25, 0.3) is 0 Å². The number of aromatic hydroxyl groups is 1. The molecule has 1 aromatic carbocycles. The molecule has 0 saturated heterocycles. The van der Waals surface area contributed by atoms with Crippen molar-refractivity contribution in [3.8, 4) is 5.75 Å². The van der Waals surface area contributed by atoms with Gasteiger partial charge in [0.15, 0.2) is 0 Å². The van der Waals surface area contributed by atoms with Crippen molar-refractivity contribution in [2.24, 2.45) is 12.8 Å². The van der Waals surface area contributed by atoms with Gasteiger partial charge in [-0.2, -0.15) is 0 Å². The van der Waals surface area contributed by atoms with E-state index in [1.54, 1.807) is 6.07 Å². The predicted octanol–water partition coefficient (Wildman–Crippen LogP) is 2.21. The van der Waals surface area contributed by atoms with E-state index in [4.69, 9.17) is 5.73 Å². The summed E-state index contributed by atoms with van der Waals surface area (Å²) in [4.78, 5) is 0. The Bertz CT molecular complexity index is 490. The highest BCUT2D eigenvalue weighted by atomic mass is 16.3. The lowest BCUT2D eigenvalue weighted by molar-refractivity contribution is 0.461. The molecule has 0 amide bonds. The van der Waals surface area contributed by atoms with Gasteiger partial charge in [-0.25, -0.2) is 0 Å². The number of nitrogens with zero attached hydrogens (tertiary/aromatic N) is 1. The maximum Gasteiger partial charge on any atom is 0.119 e. The maximum absolute atomic E-state index is 9.95. The molecule has 0 aliphatic rings.